The van der Waals surface area contributed by atoms with Gasteiger partial charge in [0.05, 0.1) is 29.3 Å². The number of fused-ring (bicyclic) bond motifs is 1. The van der Waals surface area contributed by atoms with Crippen LogP contribution in [0.2, 0.25) is 5.02 Å². The molecule has 2 atom stereocenters. The van der Waals surface area contributed by atoms with Crippen LogP contribution in [0.3, 0.4) is 0 Å². The highest BCUT2D eigenvalue weighted by molar-refractivity contribution is 6.32. The van der Waals surface area contributed by atoms with Gasteiger partial charge in [-0.2, -0.15) is 23.1 Å². The first-order valence-corrected chi connectivity index (χ1v) is 16.9. The van der Waals surface area contributed by atoms with Gasteiger partial charge in [-0.25, -0.2) is 13.8 Å². The highest BCUT2D eigenvalue weighted by Gasteiger charge is 2.54. The van der Waals surface area contributed by atoms with Crippen LogP contribution in [0.5, 0.6) is 11.9 Å². The summed E-state index contributed by atoms with van der Waals surface area (Å²) in [7, 11) is 4.04. The largest absolute Gasteiger partial charge is 0.474 e. The maximum atomic E-state index is 17.0. The summed E-state index contributed by atoms with van der Waals surface area (Å²) in [6, 6.07) is 1.77. The summed E-state index contributed by atoms with van der Waals surface area (Å²) in [6.07, 6.45) is -1.18. The van der Waals surface area contributed by atoms with E-state index in [1.54, 1.807) is 0 Å². The van der Waals surface area contributed by atoms with Crippen molar-refractivity contribution in [1.29, 1.82) is 0 Å². The third-order valence-corrected chi connectivity index (χ3v) is 11.6. The molecule has 0 unspecified atom stereocenters. The molecule has 1 spiro atoms. The van der Waals surface area contributed by atoms with Gasteiger partial charge in [-0.1, -0.05) is 11.6 Å². The normalized spacial score (nSPS) is 25.7. The fraction of sp³-hybridized carbons (Fsp3) is 0.606. The van der Waals surface area contributed by atoms with Crippen molar-refractivity contribution in [3.63, 3.8) is 0 Å². The van der Waals surface area contributed by atoms with E-state index in [1.807, 2.05) is 14.1 Å². The van der Waals surface area contributed by atoms with Crippen LogP contribution in [-0.2, 0) is 10.9 Å². The number of ether oxygens (including phenoxy) is 3. The van der Waals surface area contributed by atoms with E-state index in [0.717, 1.165) is 50.8 Å². The number of aromatic nitrogens is 3. The molecule has 5 aliphatic rings. The van der Waals surface area contributed by atoms with Crippen LogP contribution in [0.4, 0.5) is 33.5 Å². The molecular formula is C33H37ClF5N7O3. The van der Waals surface area contributed by atoms with E-state index in [2.05, 4.69) is 24.7 Å². The first kappa shape index (κ1) is 32.9. The lowest BCUT2D eigenvalue weighted by Crippen LogP contribution is -2.70. The lowest BCUT2D eigenvalue weighted by Gasteiger charge is -2.56. The Bertz CT molecular complexity index is 1820. The zero-order valence-electron chi connectivity index (χ0n) is 27.2. The van der Waals surface area contributed by atoms with Gasteiger partial charge in [0.15, 0.2) is 5.82 Å². The first-order valence-electron chi connectivity index (χ1n) is 16.5. The molecule has 4 fully saturated rings. The predicted octanol–water partition coefficient (Wildman–Crippen LogP) is 5.49. The molecule has 3 aromatic rings. The Morgan fingerprint density at radius 2 is 1.88 bits per heavy atom. The van der Waals surface area contributed by atoms with Crippen molar-refractivity contribution in [2.24, 2.45) is 0 Å². The average molecular weight is 710 g/mol. The topological polar surface area (TPSA) is 102 Å². The average Bonchev–Trinajstić information content (AvgIpc) is 3.46. The van der Waals surface area contributed by atoms with Crippen LogP contribution in [0, 0.1) is 5.82 Å². The molecule has 49 heavy (non-hydrogen) atoms. The minimum absolute atomic E-state index is 0.0516. The van der Waals surface area contributed by atoms with Gasteiger partial charge in [0, 0.05) is 36.3 Å². The zero-order valence-corrected chi connectivity index (χ0v) is 27.9. The zero-order chi connectivity index (χ0) is 34.5. The van der Waals surface area contributed by atoms with Crippen LogP contribution in [0.15, 0.2) is 12.1 Å². The maximum Gasteiger partial charge on any atom is 0.418 e. The molecule has 1 aromatic carbocycles. The molecule has 1 saturated carbocycles. The number of nitrogen functional groups attached to an aromatic ring is 1. The number of hydrogen-bond acceptors (Lipinski definition) is 10. The van der Waals surface area contributed by atoms with E-state index in [0.29, 0.717) is 25.3 Å². The fourth-order valence-electron chi connectivity index (χ4n) is 8.35. The quantitative estimate of drug-likeness (QED) is 0.250. The Morgan fingerprint density at radius 1 is 1.10 bits per heavy atom. The molecule has 10 nitrogen and oxygen atoms in total. The number of nitrogens with zero attached hydrogens (tertiary/aromatic N) is 6. The van der Waals surface area contributed by atoms with Crippen molar-refractivity contribution in [3.8, 4) is 23.1 Å². The smallest absolute Gasteiger partial charge is 0.418 e. The number of hydrogen-bond donors (Lipinski definition) is 1. The Kier molecular flexibility index (Phi) is 7.64. The van der Waals surface area contributed by atoms with Gasteiger partial charge in [-0.3, -0.25) is 4.90 Å². The molecule has 0 bridgehead atoms. The predicted molar refractivity (Wildman–Crippen MR) is 172 cm³/mol. The number of alkyl halides is 4. The molecule has 1 aliphatic carbocycles. The van der Waals surface area contributed by atoms with Gasteiger partial charge in [0.25, 0.3) is 0 Å². The minimum Gasteiger partial charge on any atom is -0.474 e. The van der Waals surface area contributed by atoms with E-state index >= 15 is 4.39 Å². The second-order valence-electron chi connectivity index (χ2n) is 14.5. The lowest BCUT2D eigenvalue weighted by molar-refractivity contribution is -0.137. The van der Waals surface area contributed by atoms with E-state index < -0.39 is 51.1 Å². The maximum absolute atomic E-state index is 17.0. The van der Waals surface area contributed by atoms with Crippen LogP contribution >= 0.6 is 11.6 Å². The number of rotatable bonds is 7. The molecule has 8 rings (SSSR count). The SMILES string of the molecule is CN(C)C1(CN2c3nc(OC[C@@]45CCCN4C[C@H](F)C5)nc4c(F)c(-c5cc(N)cc(Cl)c5C(F)(F)F)nc(c34)OCC23COC3)CCC1. The molecule has 6 heterocycles. The summed E-state index contributed by atoms with van der Waals surface area (Å²) in [6.45, 7) is 2.22. The number of benzene rings is 1. The third-order valence-electron chi connectivity index (χ3n) is 11.3. The van der Waals surface area contributed by atoms with Gasteiger partial charge >= 0.3 is 12.2 Å². The second-order valence-corrected chi connectivity index (χ2v) is 14.9. The van der Waals surface area contributed by atoms with Crippen molar-refractivity contribution in [2.45, 2.75) is 67.5 Å². The van der Waals surface area contributed by atoms with Gasteiger partial charge in [-0.15, -0.1) is 0 Å². The van der Waals surface area contributed by atoms with Crippen molar-refractivity contribution in [2.75, 3.05) is 70.8 Å². The van der Waals surface area contributed by atoms with Crippen LogP contribution in [-0.4, -0.2) is 108 Å². The Hall–Kier alpha value is -3.27. The third kappa shape index (κ3) is 5.17. The molecule has 3 saturated heterocycles. The highest BCUT2D eigenvalue weighted by atomic mass is 35.5. The van der Waals surface area contributed by atoms with Gasteiger partial charge in [0.1, 0.15) is 47.3 Å². The molecule has 264 valence electrons. The summed E-state index contributed by atoms with van der Waals surface area (Å²) in [5.41, 5.74) is 1.39. The van der Waals surface area contributed by atoms with Crippen molar-refractivity contribution < 1.29 is 36.2 Å². The van der Waals surface area contributed by atoms with Crippen LogP contribution < -0.4 is 20.1 Å². The van der Waals surface area contributed by atoms with Gasteiger partial charge in [0.2, 0.25) is 5.88 Å². The molecule has 4 aliphatic heterocycles. The molecule has 2 aromatic heterocycles. The molecule has 0 amide bonds. The van der Waals surface area contributed by atoms with Crippen LogP contribution in [0.1, 0.15) is 44.1 Å². The first-order chi connectivity index (χ1) is 23.2. The number of likely N-dealkylation sites (N-methyl/N-ethyl adjacent to an activating group) is 1. The summed E-state index contributed by atoms with van der Waals surface area (Å²) in [5.74, 6) is -0.975. The van der Waals surface area contributed by atoms with Crippen molar-refractivity contribution in [3.05, 3.63) is 28.5 Å². The minimum atomic E-state index is -4.96. The van der Waals surface area contributed by atoms with Crippen molar-refractivity contribution >= 4 is 34.0 Å². The Balaban J connectivity index is 1.33. The van der Waals surface area contributed by atoms with E-state index in [1.165, 1.54) is 0 Å². The number of nitrogens with two attached hydrogens (primary N) is 1. The fourth-order valence-corrected chi connectivity index (χ4v) is 8.68. The Labute approximate surface area is 284 Å². The number of halogens is 6. The summed E-state index contributed by atoms with van der Waals surface area (Å²) >= 11 is 6.07. The highest BCUT2D eigenvalue weighted by Crippen LogP contribution is 2.49. The summed E-state index contributed by atoms with van der Waals surface area (Å²) in [4.78, 5) is 20.0. The van der Waals surface area contributed by atoms with E-state index in [4.69, 9.17) is 36.5 Å². The molecule has 2 N–H and O–H groups in total. The summed E-state index contributed by atoms with van der Waals surface area (Å²) in [5, 5.41) is -0.586. The number of anilines is 2. The monoisotopic (exact) mass is 709 g/mol. The molecule has 0 radical (unpaired) electrons. The molecular weight excluding hydrogens is 673 g/mol. The standard InChI is InChI=1S/C33H37ClF5N7O3/c1-44(2)30(5-3-6-30)13-46-27-22-26(42-29(43-27)49-16-31-7-4-8-45(31)12-18(35)11-31)24(36)25(41-28(22)48-17-32(46)14-47-15-32)20-9-19(40)10-21(34)23(20)33(37,38)39/h9-10,18H,3-8,11-17,40H2,1-2H3/t18-,31+/m1/s1. The summed E-state index contributed by atoms with van der Waals surface area (Å²) < 4.78 is 93.0. The number of pyridine rings is 1. The van der Waals surface area contributed by atoms with Crippen molar-refractivity contribution in [1.82, 2.24) is 24.8 Å². The van der Waals surface area contributed by atoms with E-state index in [9.17, 15) is 17.6 Å². The van der Waals surface area contributed by atoms with E-state index in [-0.39, 0.29) is 60.4 Å². The molecule has 16 heteroatoms. The van der Waals surface area contributed by atoms with Gasteiger partial charge < -0.3 is 29.7 Å². The Morgan fingerprint density at radius 3 is 2.53 bits per heavy atom. The van der Waals surface area contributed by atoms with Crippen LogP contribution in [0.25, 0.3) is 22.2 Å². The lowest BCUT2D eigenvalue weighted by atomic mass is 9.74. The van der Waals surface area contributed by atoms with Gasteiger partial charge in [-0.05, 0) is 64.9 Å². The second kappa shape index (κ2) is 11.4.